The van der Waals surface area contributed by atoms with Crippen LogP contribution in [-0.4, -0.2) is 74.8 Å². The summed E-state index contributed by atoms with van der Waals surface area (Å²) in [7, 11) is 2.11. The molecule has 1 atom stereocenters. The van der Waals surface area contributed by atoms with Crippen molar-refractivity contribution in [2.24, 2.45) is 0 Å². The number of carbonyl (C=O) groups excluding carboxylic acids is 1. The third kappa shape index (κ3) is 5.20. The van der Waals surface area contributed by atoms with Gasteiger partial charge in [0, 0.05) is 38.3 Å². The fourth-order valence-corrected chi connectivity index (χ4v) is 4.57. The Morgan fingerprint density at radius 2 is 1.78 bits per heavy atom. The van der Waals surface area contributed by atoms with Crippen LogP contribution in [0.15, 0.2) is 42.5 Å². The number of nitrogens with zero attached hydrogens (tertiary/aromatic N) is 3. The molecule has 0 bridgehead atoms. The van der Waals surface area contributed by atoms with Crippen LogP contribution in [0.1, 0.15) is 35.8 Å². The maximum atomic E-state index is 13.4. The van der Waals surface area contributed by atoms with E-state index in [9.17, 15) is 4.79 Å². The van der Waals surface area contributed by atoms with Gasteiger partial charge in [-0.05, 0) is 56.8 Å². The van der Waals surface area contributed by atoms with Gasteiger partial charge in [0.15, 0.2) is 0 Å². The van der Waals surface area contributed by atoms with E-state index in [1.807, 2.05) is 49.1 Å². The number of likely N-dealkylation sites (N-methyl/N-ethyl adjacent to an activating group) is 1. The lowest BCUT2D eigenvalue weighted by atomic mass is 10.0. The van der Waals surface area contributed by atoms with E-state index >= 15 is 0 Å². The third-order valence-electron chi connectivity index (χ3n) is 6.12. The van der Waals surface area contributed by atoms with Gasteiger partial charge in [-0.2, -0.15) is 0 Å². The van der Waals surface area contributed by atoms with Crippen molar-refractivity contribution in [1.82, 2.24) is 9.80 Å². The zero-order valence-electron chi connectivity index (χ0n) is 19.1. The van der Waals surface area contributed by atoms with Crippen LogP contribution in [0.2, 0.25) is 5.02 Å². The van der Waals surface area contributed by atoms with Gasteiger partial charge in [-0.25, -0.2) is 0 Å². The van der Waals surface area contributed by atoms with E-state index in [1.165, 1.54) is 5.56 Å². The molecule has 0 N–H and O–H groups in total. The second kappa shape index (κ2) is 10.1. The molecule has 2 aliphatic heterocycles. The molecule has 0 aliphatic carbocycles. The van der Waals surface area contributed by atoms with Gasteiger partial charge in [-0.15, -0.1) is 0 Å². The first kappa shape index (κ1) is 22.9. The van der Waals surface area contributed by atoms with Crippen LogP contribution in [0.25, 0.3) is 0 Å². The van der Waals surface area contributed by atoms with E-state index in [0.717, 1.165) is 31.1 Å². The fourth-order valence-electron chi connectivity index (χ4n) is 4.33. The van der Waals surface area contributed by atoms with Crippen molar-refractivity contribution in [2.45, 2.75) is 26.0 Å². The molecule has 2 fully saturated rings. The number of piperazine rings is 1. The fraction of sp³-hybridized carbons (Fsp3) is 0.480. The number of rotatable bonds is 5. The Hall–Kier alpha value is -2.28. The summed E-state index contributed by atoms with van der Waals surface area (Å²) in [6.07, 6.45) is 0.146. The lowest BCUT2D eigenvalue weighted by Crippen LogP contribution is -2.49. The van der Waals surface area contributed by atoms with Crippen molar-refractivity contribution in [3.8, 4) is 5.75 Å². The van der Waals surface area contributed by atoms with Crippen LogP contribution in [-0.2, 0) is 4.74 Å². The minimum Gasteiger partial charge on any atom is -0.491 e. The van der Waals surface area contributed by atoms with Gasteiger partial charge in [0.25, 0.3) is 5.91 Å². The average Bonchev–Trinajstić information content (AvgIpc) is 2.80. The maximum Gasteiger partial charge on any atom is 0.254 e. The molecule has 0 saturated carbocycles. The number of carbonyl (C=O) groups is 1. The highest BCUT2D eigenvalue weighted by Crippen LogP contribution is 2.30. The summed E-state index contributed by atoms with van der Waals surface area (Å²) >= 11 is 6.46. The van der Waals surface area contributed by atoms with Gasteiger partial charge in [-0.1, -0.05) is 23.7 Å². The Bertz CT molecular complexity index is 929. The normalized spacial score (nSPS) is 20.0. The first-order valence-corrected chi connectivity index (χ1v) is 11.7. The molecule has 6 nitrogen and oxygen atoms in total. The van der Waals surface area contributed by atoms with Crippen molar-refractivity contribution in [2.75, 3.05) is 57.9 Å². The van der Waals surface area contributed by atoms with Gasteiger partial charge in [0.05, 0.1) is 36.1 Å². The highest BCUT2D eigenvalue weighted by molar-refractivity contribution is 6.33. The molecule has 2 saturated heterocycles. The molecule has 0 aromatic heterocycles. The second-order valence-electron chi connectivity index (χ2n) is 8.75. The van der Waals surface area contributed by atoms with Crippen LogP contribution in [0.5, 0.6) is 5.75 Å². The van der Waals surface area contributed by atoms with Gasteiger partial charge < -0.3 is 19.3 Å². The molecule has 0 unspecified atom stereocenters. The lowest BCUT2D eigenvalue weighted by Gasteiger charge is -2.40. The van der Waals surface area contributed by atoms with Crippen molar-refractivity contribution >= 4 is 23.2 Å². The van der Waals surface area contributed by atoms with Crippen LogP contribution in [0.3, 0.4) is 0 Å². The summed E-state index contributed by atoms with van der Waals surface area (Å²) < 4.78 is 11.2. The summed E-state index contributed by atoms with van der Waals surface area (Å²) in [4.78, 5) is 19.9. The summed E-state index contributed by atoms with van der Waals surface area (Å²) in [5, 5.41) is 0.670. The molecule has 1 amide bonds. The largest absolute Gasteiger partial charge is 0.491 e. The minimum absolute atomic E-state index is 0.0500. The Morgan fingerprint density at radius 3 is 2.47 bits per heavy atom. The quantitative estimate of drug-likeness (QED) is 0.676. The Labute approximate surface area is 195 Å². The zero-order valence-corrected chi connectivity index (χ0v) is 19.8. The van der Waals surface area contributed by atoms with Crippen LogP contribution >= 0.6 is 11.6 Å². The summed E-state index contributed by atoms with van der Waals surface area (Å²) in [5.74, 6) is 0.918. The summed E-state index contributed by atoms with van der Waals surface area (Å²) in [6, 6.07) is 14.0. The number of morpholine rings is 1. The monoisotopic (exact) mass is 457 g/mol. The molecular formula is C25H32ClN3O3. The molecule has 0 radical (unpaired) electrons. The van der Waals surface area contributed by atoms with Crippen LogP contribution in [0, 0.1) is 0 Å². The highest BCUT2D eigenvalue weighted by atomic mass is 35.5. The highest BCUT2D eigenvalue weighted by Gasteiger charge is 2.29. The Kier molecular flexibility index (Phi) is 7.23. The molecular weight excluding hydrogens is 426 g/mol. The molecule has 4 rings (SSSR count). The van der Waals surface area contributed by atoms with Gasteiger partial charge in [-0.3, -0.25) is 9.69 Å². The SMILES string of the molecule is CC(C)Oc1ccc([C@H]2CN(C(=O)c3ccc(Cl)c(N4CCOCC4)c3)CCN2C)cc1. The van der Waals surface area contributed by atoms with Crippen LogP contribution < -0.4 is 9.64 Å². The lowest BCUT2D eigenvalue weighted by molar-refractivity contribution is 0.0546. The number of halogens is 1. The van der Waals surface area contributed by atoms with Crippen molar-refractivity contribution < 1.29 is 14.3 Å². The van der Waals surface area contributed by atoms with Gasteiger partial charge in [0.2, 0.25) is 0 Å². The third-order valence-corrected chi connectivity index (χ3v) is 6.44. The van der Waals surface area contributed by atoms with E-state index in [1.54, 1.807) is 0 Å². The minimum atomic E-state index is 0.0500. The van der Waals surface area contributed by atoms with Crippen molar-refractivity contribution in [3.05, 3.63) is 58.6 Å². The Morgan fingerprint density at radius 1 is 1.06 bits per heavy atom. The molecule has 0 spiro atoms. The van der Waals surface area contributed by atoms with E-state index in [-0.39, 0.29) is 18.1 Å². The maximum absolute atomic E-state index is 13.4. The second-order valence-corrected chi connectivity index (χ2v) is 9.16. The summed E-state index contributed by atoms with van der Waals surface area (Å²) in [6.45, 7) is 9.14. The van der Waals surface area contributed by atoms with Crippen molar-refractivity contribution in [3.63, 3.8) is 0 Å². The first-order chi connectivity index (χ1) is 15.4. The van der Waals surface area contributed by atoms with E-state index < -0.39 is 0 Å². The van der Waals surface area contributed by atoms with E-state index in [2.05, 4.69) is 29.0 Å². The standard InChI is InChI=1S/C25H32ClN3O3/c1-18(2)32-21-7-4-19(5-8-21)24-17-29(11-10-27(24)3)25(30)20-6-9-22(26)23(16-20)28-12-14-31-15-13-28/h4-9,16,18,24H,10-15,17H2,1-3H3/t24-/m1/s1. The predicted molar refractivity (Wildman–Crippen MR) is 128 cm³/mol. The van der Waals surface area contributed by atoms with E-state index in [4.69, 9.17) is 21.1 Å². The first-order valence-electron chi connectivity index (χ1n) is 11.3. The number of benzene rings is 2. The summed E-state index contributed by atoms with van der Waals surface area (Å²) in [5.41, 5.74) is 2.78. The van der Waals surface area contributed by atoms with Crippen molar-refractivity contribution in [1.29, 1.82) is 0 Å². The number of hydrogen-bond acceptors (Lipinski definition) is 5. The molecule has 2 aromatic carbocycles. The smallest absolute Gasteiger partial charge is 0.254 e. The van der Waals surface area contributed by atoms with Gasteiger partial charge >= 0.3 is 0 Å². The molecule has 2 aromatic rings. The van der Waals surface area contributed by atoms with Gasteiger partial charge in [0.1, 0.15) is 5.75 Å². The zero-order chi connectivity index (χ0) is 22.7. The average molecular weight is 458 g/mol. The molecule has 7 heteroatoms. The Balaban J connectivity index is 1.49. The van der Waals surface area contributed by atoms with Crippen LogP contribution in [0.4, 0.5) is 5.69 Å². The number of amides is 1. The molecule has 32 heavy (non-hydrogen) atoms. The molecule has 2 aliphatic rings. The number of anilines is 1. The predicted octanol–water partition coefficient (Wildman–Crippen LogP) is 4.09. The number of hydrogen-bond donors (Lipinski definition) is 0. The topological polar surface area (TPSA) is 45.3 Å². The molecule has 2 heterocycles. The van der Waals surface area contributed by atoms with E-state index in [0.29, 0.717) is 36.9 Å². The number of ether oxygens (including phenoxy) is 2. The molecule has 172 valence electrons.